The lowest BCUT2D eigenvalue weighted by atomic mass is 10.2. The maximum Gasteiger partial charge on any atom is 0.104 e. The molecule has 0 amide bonds. The molecule has 0 saturated carbocycles. The third-order valence-electron chi connectivity index (χ3n) is 5.31. The van der Waals surface area contributed by atoms with E-state index in [4.69, 9.17) is 38.6 Å². The van der Waals surface area contributed by atoms with Gasteiger partial charge in [0.2, 0.25) is 0 Å². The summed E-state index contributed by atoms with van der Waals surface area (Å²) in [7, 11) is 0. The Morgan fingerprint density at radius 3 is 1.44 bits per heavy atom. The summed E-state index contributed by atoms with van der Waals surface area (Å²) >= 11 is 3.30. The van der Waals surface area contributed by atoms with E-state index >= 15 is 0 Å². The third-order valence-corrected chi connectivity index (χ3v) is 5.63. The van der Waals surface area contributed by atoms with E-state index in [1.165, 1.54) is 11.1 Å². The molecule has 0 atom stereocenters. The number of hydrogen-bond acceptors (Lipinski definition) is 9. The molecular weight excluding hydrogens is 572 g/mol. The van der Waals surface area contributed by atoms with Crippen LogP contribution in [0.1, 0.15) is 11.1 Å². The Bertz CT molecular complexity index is 788. The van der Waals surface area contributed by atoms with E-state index in [-0.39, 0.29) is 18.8 Å². The summed E-state index contributed by atoms with van der Waals surface area (Å²) in [5, 5.41) is 17.5. The molecule has 3 heterocycles. The molecule has 9 nitrogen and oxygen atoms in total. The summed E-state index contributed by atoms with van der Waals surface area (Å²) in [5.41, 5.74) is 2.43. The SMILES string of the molecule is BrCCOCc1ccccc1.OC1COC1.OCCOC1COC1.c1ccc(COCCOC2COC2)cc1. The molecule has 2 aromatic carbocycles. The number of aliphatic hydroxyl groups excluding tert-OH is 2. The molecule has 0 bridgehead atoms. The van der Waals surface area contributed by atoms with E-state index in [2.05, 4.69) is 44.9 Å². The number of benzene rings is 2. The van der Waals surface area contributed by atoms with Crippen LogP contribution in [0.4, 0.5) is 0 Å². The van der Waals surface area contributed by atoms with Gasteiger partial charge >= 0.3 is 0 Å². The molecule has 0 unspecified atom stereocenters. The van der Waals surface area contributed by atoms with E-state index in [1.807, 2.05) is 36.4 Å². The van der Waals surface area contributed by atoms with Crippen LogP contribution in [0, 0.1) is 0 Å². The van der Waals surface area contributed by atoms with Gasteiger partial charge in [0.25, 0.3) is 0 Å². The summed E-state index contributed by atoms with van der Waals surface area (Å²) in [6, 6.07) is 20.3. The fourth-order valence-electron chi connectivity index (χ4n) is 2.92. The minimum atomic E-state index is -0.157. The molecule has 5 rings (SSSR count). The van der Waals surface area contributed by atoms with Crippen LogP contribution in [-0.4, -0.2) is 107 Å². The zero-order valence-electron chi connectivity index (χ0n) is 22.5. The molecule has 220 valence electrons. The Morgan fingerprint density at radius 2 is 1.08 bits per heavy atom. The molecule has 3 aliphatic heterocycles. The van der Waals surface area contributed by atoms with E-state index in [0.717, 1.165) is 25.2 Å². The highest BCUT2D eigenvalue weighted by Gasteiger charge is 2.18. The Labute approximate surface area is 240 Å². The van der Waals surface area contributed by atoms with Crippen molar-refractivity contribution in [2.45, 2.75) is 31.5 Å². The third kappa shape index (κ3) is 17.8. The van der Waals surface area contributed by atoms with Gasteiger partial charge < -0.3 is 43.4 Å². The van der Waals surface area contributed by atoms with E-state index in [0.29, 0.717) is 65.6 Å². The summed E-state index contributed by atoms with van der Waals surface area (Å²) in [6.07, 6.45) is 0.391. The topological polar surface area (TPSA) is 105 Å². The van der Waals surface area contributed by atoms with Crippen molar-refractivity contribution >= 4 is 15.9 Å². The van der Waals surface area contributed by atoms with Gasteiger partial charge in [-0.2, -0.15) is 0 Å². The first-order valence-electron chi connectivity index (χ1n) is 13.3. The average Bonchev–Trinajstić information content (AvgIpc) is 2.90. The van der Waals surface area contributed by atoms with Crippen molar-refractivity contribution in [3.05, 3.63) is 71.8 Å². The molecule has 3 saturated heterocycles. The zero-order chi connectivity index (χ0) is 27.8. The molecule has 0 aromatic heterocycles. The van der Waals surface area contributed by atoms with E-state index in [9.17, 15) is 0 Å². The van der Waals surface area contributed by atoms with Crippen LogP contribution in [0.3, 0.4) is 0 Å². The second-order valence-corrected chi connectivity index (χ2v) is 9.53. The van der Waals surface area contributed by atoms with Crippen LogP contribution in [0.15, 0.2) is 60.7 Å². The highest BCUT2D eigenvalue weighted by Crippen LogP contribution is 2.06. The van der Waals surface area contributed by atoms with Gasteiger partial charge in [-0.25, -0.2) is 0 Å². The molecule has 3 aliphatic rings. The number of alkyl halides is 1. The largest absolute Gasteiger partial charge is 0.394 e. The fourth-order valence-corrected chi connectivity index (χ4v) is 3.15. The lowest BCUT2D eigenvalue weighted by molar-refractivity contribution is -0.137. The molecule has 0 aliphatic carbocycles. The van der Waals surface area contributed by atoms with Gasteiger partial charge in [0.05, 0.1) is 85.9 Å². The standard InChI is InChI=1S/C12H16O3.C9H11BrO.C5H10O3.C3H6O2/c1-2-4-11(5-3-1)8-13-6-7-15-12-9-14-10-12;10-6-7-11-8-9-4-2-1-3-5-9;6-1-2-8-5-3-7-4-5;4-3-1-5-2-3/h1-5,12H,6-10H2;1-5H,6-8H2;5-6H,1-4H2;3-4H,1-2H2. The molecule has 10 heteroatoms. The number of rotatable bonds is 13. The Hall–Kier alpha value is -1.44. The second-order valence-electron chi connectivity index (χ2n) is 8.74. The Morgan fingerprint density at radius 1 is 0.641 bits per heavy atom. The van der Waals surface area contributed by atoms with Gasteiger partial charge in [-0.3, -0.25) is 0 Å². The summed E-state index contributed by atoms with van der Waals surface area (Å²) < 4.78 is 35.7. The molecule has 0 spiro atoms. The highest BCUT2D eigenvalue weighted by atomic mass is 79.9. The van der Waals surface area contributed by atoms with Crippen molar-refractivity contribution in [2.24, 2.45) is 0 Å². The first-order chi connectivity index (χ1) is 19.2. The molecule has 3 fully saturated rings. The van der Waals surface area contributed by atoms with Crippen LogP contribution in [0.5, 0.6) is 0 Å². The van der Waals surface area contributed by atoms with Crippen molar-refractivity contribution in [1.29, 1.82) is 0 Å². The Balaban J connectivity index is 0.000000195. The van der Waals surface area contributed by atoms with Crippen LogP contribution < -0.4 is 0 Å². The lowest BCUT2D eigenvalue weighted by Gasteiger charge is -2.25. The van der Waals surface area contributed by atoms with Gasteiger partial charge in [0, 0.05) is 5.33 Å². The quantitative estimate of drug-likeness (QED) is 0.260. The van der Waals surface area contributed by atoms with E-state index in [1.54, 1.807) is 0 Å². The van der Waals surface area contributed by atoms with Gasteiger partial charge in [0.1, 0.15) is 18.3 Å². The Kier molecular flexibility index (Phi) is 20.2. The number of hydrogen-bond donors (Lipinski definition) is 2. The highest BCUT2D eigenvalue weighted by molar-refractivity contribution is 9.09. The van der Waals surface area contributed by atoms with Crippen molar-refractivity contribution in [3.8, 4) is 0 Å². The molecule has 2 aromatic rings. The number of ether oxygens (including phenoxy) is 7. The van der Waals surface area contributed by atoms with Gasteiger partial charge in [-0.15, -0.1) is 0 Å². The molecular formula is C29H43BrO9. The second kappa shape index (κ2) is 23.3. The maximum atomic E-state index is 8.32. The van der Waals surface area contributed by atoms with Crippen LogP contribution in [-0.2, 0) is 46.4 Å². The van der Waals surface area contributed by atoms with Gasteiger partial charge in [-0.1, -0.05) is 76.6 Å². The minimum absolute atomic E-state index is 0.108. The summed E-state index contributed by atoms with van der Waals surface area (Å²) in [6.45, 7) is 7.93. The minimum Gasteiger partial charge on any atom is -0.394 e. The van der Waals surface area contributed by atoms with Crippen LogP contribution >= 0.6 is 15.9 Å². The maximum absolute atomic E-state index is 8.32. The molecule has 2 N–H and O–H groups in total. The van der Waals surface area contributed by atoms with Crippen LogP contribution in [0.2, 0.25) is 0 Å². The van der Waals surface area contributed by atoms with Crippen molar-refractivity contribution < 1.29 is 43.4 Å². The predicted molar refractivity (Wildman–Crippen MR) is 151 cm³/mol. The average molecular weight is 616 g/mol. The van der Waals surface area contributed by atoms with Crippen molar-refractivity contribution in [1.82, 2.24) is 0 Å². The van der Waals surface area contributed by atoms with Gasteiger partial charge in [-0.05, 0) is 11.1 Å². The monoisotopic (exact) mass is 614 g/mol. The normalized spacial score (nSPS) is 16.6. The first-order valence-corrected chi connectivity index (χ1v) is 14.4. The van der Waals surface area contributed by atoms with Crippen molar-refractivity contribution in [2.75, 3.05) is 78.0 Å². The van der Waals surface area contributed by atoms with Gasteiger partial charge in [0.15, 0.2) is 0 Å². The predicted octanol–water partition coefficient (Wildman–Crippen LogP) is 2.99. The molecule has 39 heavy (non-hydrogen) atoms. The van der Waals surface area contributed by atoms with E-state index < -0.39 is 0 Å². The smallest absolute Gasteiger partial charge is 0.104 e. The number of halogens is 1. The number of aliphatic hydroxyl groups is 2. The first kappa shape index (κ1) is 33.8. The molecule has 0 radical (unpaired) electrons. The summed E-state index contributed by atoms with van der Waals surface area (Å²) in [5.74, 6) is 0. The van der Waals surface area contributed by atoms with Crippen LogP contribution in [0.25, 0.3) is 0 Å². The summed E-state index contributed by atoms with van der Waals surface area (Å²) in [4.78, 5) is 0. The zero-order valence-corrected chi connectivity index (χ0v) is 24.1. The fraction of sp³-hybridized carbons (Fsp3) is 0.586. The van der Waals surface area contributed by atoms with Crippen molar-refractivity contribution in [3.63, 3.8) is 0 Å². The lowest BCUT2D eigenvalue weighted by Crippen LogP contribution is -2.36.